The Balaban J connectivity index is 1.65. The Kier molecular flexibility index (Phi) is 6.00. The van der Waals surface area contributed by atoms with Gasteiger partial charge in [-0.15, -0.1) is 11.3 Å². The molecule has 1 atom stereocenters. The van der Waals surface area contributed by atoms with Crippen molar-refractivity contribution in [3.05, 3.63) is 72.6 Å². The van der Waals surface area contributed by atoms with Gasteiger partial charge >= 0.3 is 0 Å². The summed E-state index contributed by atoms with van der Waals surface area (Å²) in [6, 6.07) is 18.6. The van der Waals surface area contributed by atoms with Crippen LogP contribution in [0.25, 0.3) is 43.4 Å². The van der Waals surface area contributed by atoms with Gasteiger partial charge in [0.2, 0.25) is 0 Å². The van der Waals surface area contributed by atoms with Crippen molar-refractivity contribution in [2.45, 2.75) is 19.1 Å². The number of thiophene rings is 1. The second-order valence-electron chi connectivity index (χ2n) is 9.03. The zero-order chi connectivity index (χ0) is 24.6. The van der Waals surface area contributed by atoms with E-state index in [-0.39, 0.29) is 12.7 Å². The molecule has 1 aliphatic heterocycles. The minimum Gasteiger partial charge on any atom is -0.392 e. The molecule has 0 amide bonds. The zero-order valence-corrected chi connectivity index (χ0v) is 21.1. The molecule has 7 nitrogen and oxygen atoms in total. The molecule has 182 valence electrons. The monoisotopic (exact) mass is 497 g/mol. The summed E-state index contributed by atoms with van der Waals surface area (Å²) in [6.45, 7) is 1.68. The van der Waals surface area contributed by atoms with Crippen LogP contribution < -0.4 is 4.90 Å². The highest BCUT2D eigenvalue weighted by molar-refractivity contribution is 7.22. The number of methoxy groups -OCH3 is 1. The molecule has 1 unspecified atom stereocenters. The topological polar surface area (TPSA) is 76.3 Å². The van der Waals surface area contributed by atoms with Crippen molar-refractivity contribution in [3.63, 3.8) is 0 Å². The van der Waals surface area contributed by atoms with Crippen LogP contribution in [0.1, 0.15) is 12.0 Å². The second kappa shape index (κ2) is 9.46. The van der Waals surface area contributed by atoms with Gasteiger partial charge in [-0.2, -0.15) is 0 Å². The lowest BCUT2D eigenvalue weighted by Crippen LogP contribution is -2.23. The number of anilines is 1. The van der Waals surface area contributed by atoms with Gasteiger partial charge in [0.05, 0.1) is 18.1 Å². The number of aromatic nitrogens is 4. The van der Waals surface area contributed by atoms with Gasteiger partial charge in [-0.05, 0) is 23.1 Å². The molecule has 1 fully saturated rings. The van der Waals surface area contributed by atoms with E-state index in [2.05, 4.69) is 46.3 Å². The predicted molar refractivity (Wildman–Crippen MR) is 144 cm³/mol. The van der Waals surface area contributed by atoms with Crippen LogP contribution in [0.4, 0.5) is 5.82 Å². The minimum absolute atomic E-state index is 0.0243. The Morgan fingerprint density at radius 2 is 1.86 bits per heavy atom. The zero-order valence-electron chi connectivity index (χ0n) is 20.3. The van der Waals surface area contributed by atoms with Gasteiger partial charge in [0.25, 0.3) is 0 Å². The van der Waals surface area contributed by atoms with Gasteiger partial charge in [-0.1, -0.05) is 54.6 Å². The van der Waals surface area contributed by atoms with E-state index < -0.39 is 0 Å². The summed E-state index contributed by atoms with van der Waals surface area (Å²) in [5, 5.41) is 10.6. The summed E-state index contributed by atoms with van der Waals surface area (Å²) >= 11 is 1.67. The summed E-state index contributed by atoms with van der Waals surface area (Å²) in [5.74, 6) is 2.28. The van der Waals surface area contributed by atoms with Crippen LogP contribution in [0.3, 0.4) is 0 Å². The van der Waals surface area contributed by atoms with Crippen LogP contribution in [0.15, 0.2) is 67.0 Å². The van der Waals surface area contributed by atoms with E-state index in [9.17, 15) is 5.11 Å². The van der Waals surface area contributed by atoms with E-state index in [0.29, 0.717) is 5.82 Å². The maximum Gasteiger partial charge on any atom is 0.199 e. The van der Waals surface area contributed by atoms with Crippen molar-refractivity contribution in [1.29, 1.82) is 0 Å². The molecule has 8 heteroatoms. The van der Waals surface area contributed by atoms with Crippen LogP contribution in [0.5, 0.6) is 0 Å². The smallest absolute Gasteiger partial charge is 0.199 e. The molecule has 0 bridgehead atoms. The first-order valence-corrected chi connectivity index (χ1v) is 12.8. The lowest BCUT2D eigenvalue weighted by Gasteiger charge is -2.20. The fourth-order valence-electron chi connectivity index (χ4n) is 4.85. The number of aliphatic hydroxyl groups is 1. The molecule has 3 aromatic heterocycles. The summed E-state index contributed by atoms with van der Waals surface area (Å²) in [4.78, 5) is 19.1. The molecule has 2 aromatic carbocycles. The average Bonchev–Trinajstić information content (AvgIpc) is 3.67. The van der Waals surface area contributed by atoms with E-state index in [1.807, 2.05) is 36.0 Å². The van der Waals surface area contributed by atoms with Crippen LogP contribution in [-0.4, -0.2) is 50.9 Å². The van der Waals surface area contributed by atoms with Gasteiger partial charge in [-0.3, -0.25) is 0 Å². The van der Waals surface area contributed by atoms with Gasteiger partial charge in [0.15, 0.2) is 11.6 Å². The quantitative estimate of drug-likeness (QED) is 0.350. The molecular weight excluding hydrogens is 470 g/mol. The first-order valence-electron chi connectivity index (χ1n) is 12.0. The highest BCUT2D eigenvalue weighted by Crippen LogP contribution is 2.48. The predicted octanol–water partition coefficient (Wildman–Crippen LogP) is 5.14. The van der Waals surface area contributed by atoms with Crippen molar-refractivity contribution in [2.24, 2.45) is 7.05 Å². The third kappa shape index (κ3) is 3.97. The van der Waals surface area contributed by atoms with Gasteiger partial charge in [0, 0.05) is 50.1 Å². The molecule has 0 saturated carbocycles. The van der Waals surface area contributed by atoms with E-state index >= 15 is 0 Å². The van der Waals surface area contributed by atoms with Crippen LogP contribution in [0.2, 0.25) is 0 Å². The standard InChI is InChI=1S/C28H27N5O2S/c1-32-15-13-29-27(32)25-30-26(33-14-12-21(16-33)35-2)23-22(19-6-4-3-5-7-19)24(36-28(23)31-25)20-10-8-18(17-34)9-11-20/h3-11,13,15,21,34H,12,14,16-17H2,1-2H3. The summed E-state index contributed by atoms with van der Waals surface area (Å²) in [6.07, 6.45) is 4.82. The molecule has 1 aliphatic rings. The summed E-state index contributed by atoms with van der Waals surface area (Å²) < 4.78 is 7.64. The molecule has 0 radical (unpaired) electrons. The molecule has 36 heavy (non-hydrogen) atoms. The normalized spacial score (nSPS) is 15.8. The first kappa shape index (κ1) is 22.8. The lowest BCUT2D eigenvalue weighted by atomic mass is 9.99. The number of rotatable bonds is 6. The maximum atomic E-state index is 9.55. The largest absolute Gasteiger partial charge is 0.392 e. The van der Waals surface area contributed by atoms with E-state index in [0.717, 1.165) is 68.5 Å². The van der Waals surface area contributed by atoms with Crippen LogP contribution in [0, 0.1) is 0 Å². The minimum atomic E-state index is 0.0243. The number of aryl methyl sites for hydroxylation is 1. The Bertz CT molecular complexity index is 1510. The molecule has 0 aliphatic carbocycles. The van der Waals surface area contributed by atoms with Crippen molar-refractivity contribution >= 4 is 27.4 Å². The number of hydrogen-bond acceptors (Lipinski definition) is 7. The molecule has 0 spiro atoms. The summed E-state index contributed by atoms with van der Waals surface area (Å²) in [5.41, 5.74) is 4.24. The van der Waals surface area contributed by atoms with Crippen molar-refractivity contribution in [2.75, 3.05) is 25.1 Å². The van der Waals surface area contributed by atoms with Crippen LogP contribution >= 0.6 is 11.3 Å². The van der Waals surface area contributed by atoms with E-state index in [1.165, 1.54) is 0 Å². The van der Waals surface area contributed by atoms with E-state index in [1.54, 1.807) is 24.6 Å². The Morgan fingerprint density at radius 3 is 2.53 bits per heavy atom. The number of ether oxygens (including phenoxy) is 1. The molecule has 4 heterocycles. The van der Waals surface area contributed by atoms with Crippen molar-refractivity contribution in [3.8, 4) is 33.2 Å². The third-order valence-corrected chi connectivity index (χ3v) is 7.93. The molecule has 1 saturated heterocycles. The SMILES string of the molecule is COC1CCN(c2nc(-c3nccn3C)nc3sc(-c4ccc(CO)cc4)c(-c4ccccc4)c23)C1. The van der Waals surface area contributed by atoms with Gasteiger partial charge < -0.3 is 19.3 Å². The second-order valence-corrected chi connectivity index (χ2v) is 10.0. The number of benzene rings is 2. The number of nitrogens with zero attached hydrogens (tertiary/aromatic N) is 5. The van der Waals surface area contributed by atoms with Crippen LogP contribution in [-0.2, 0) is 18.4 Å². The third-order valence-electron chi connectivity index (χ3n) is 6.79. The highest BCUT2D eigenvalue weighted by Gasteiger charge is 2.29. The number of imidazole rings is 1. The number of hydrogen-bond donors (Lipinski definition) is 1. The van der Waals surface area contributed by atoms with Crippen molar-refractivity contribution < 1.29 is 9.84 Å². The number of aliphatic hydroxyl groups excluding tert-OH is 1. The van der Waals surface area contributed by atoms with Gasteiger partial charge in [0.1, 0.15) is 10.6 Å². The lowest BCUT2D eigenvalue weighted by molar-refractivity contribution is 0.121. The van der Waals surface area contributed by atoms with Gasteiger partial charge in [-0.25, -0.2) is 15.0 Å². The highest BCUT2D eigenvalue weighted by atomic mass is 32.1. The molecule has 6 rings (SSSR count). The molecular formula is C28H27N5O2S. The Hall–Kier alpha value is -3.59. The summed E-state index contributed by atoms with van der Waals surface area (Å²) in [7, 11) is 3.74. The molecule has 1 N–H and O–H groups in total. The Labute approximate surface area is 213 Å². The van der Waals surface area contributed by atoms with E-state index in [4.69, 9.17) is 14.7 Å². The number of fused-ring (bicyclic) bond motifs is 1. The maximum absolute atomic E-state index is 9.55. The fraction of sp³-hybridized carbons (Fsp3) is 0.250. The first-order chi connectivity index (χ1) is 17.7. The fourth-order valence-corrected chi connectivity index (χ4v) is 6.05. The van der Waals surface area contributed by atoms with Crippen molar-refractivity contribution in [1.82, 2.24) is 19.5 Å². The molecule has 5 aromatic rings. The average molecular weight is 498 g/mol. The Morgan fingerprint density at radius 1 is 1.06 bits per heavy atom.